The lowest BCUT2D eigenvalue weighted by atomic mass is 10.1. The first-order valence-corrected chi connectivity index (χ1v) is 7.99. The third-order valence-corrected chi connectivity index (χ3v) is 3.70. The number of halogens is 2. The van der Waals surface area contributed by atoms with Gasteiger partial charge in [-0.1, -0.05) is 54.1 Å². The summed E-state index contributed by atoms with van der Waals surface area (Å²) in [6, 6.07) is 16.8. The Kier molecular flexibility index (Phi) is 9.23. The van der Waals surface area contributed by atoms with Crippen molar-refractivity contribution in [2.75, 3.05) is 13.2 Å². The number of hydrogen-bond acceptors (Lipinski definition) is 3. The molecule has 1 atom stereocenters. The highest BCUT2D eigenvalue weighted by molar-refractivity contribution is 6.32. The first-order valence-electron chi connectivity index (χ1n) is 7.61. The van der Waals surface area contributed by atoms with Gasteiger partial charge in [-0.05, 0) is 24.1 Å². The predicted molar refractivity (Wildman–Crippen MR) is 99.8 cm³/mol. The van der Waals surface area contributed by atoms with Gasteiger partial charge < -0.3 is 15.8 Å². The first-order chi connectivity index (χ1) is 11.2. The van der Waals surface area contributed by atoms with Crippen LogP contribution in [0.2, 0.25) is 5.02 Å². The number of rotatable bonds is 8. The summed E-state index contributed by atoms with van der Waals surface area (Å²) in [5.74, 6) is 0.611. The van der Waals surface area contributed by atoms with E-state index in [0.29, 0.717) is 36.8 Å². The van der Waals surface area contributed by atoms with Crippen LogP contribution in [0, 0.1) is 0 Å². The van der Waals surface area contributed by atoms with Crippen molar-refractivity contribution >= 4 is 29.9 Å². The zero-order chi connectivity index (χ0) is 16.5. The van der Waals surface area contributed by atoms with Crippen molar-refractivity contribution in [1.29, 1.82) is 0 Å². The largest absolute Gasteiger partial charge is 0.492 e. The molecule has 0 bridgehead atoms. The molecule has 24 heavy (non-hydrogen) atoms. The molecule has 2 rings (SSSR count). The lowest BCUT2D eigenvalue weighted by Gasteiger charge is -2.13. The van der Waals surface area contributed by atoms with Crippen molar-refractivity contribution in [1.82, 2.24) is 5.32 Å². The van der Waals surface area contributed by atoms with Gasteiger partial charge in [-0.3, -0.25) is 4.79 Å². The third kappa shape index (κ3) is 6.79. The van der Waals surface area contributed by atoms with Crippen LogP contribution in [-0.4, -0.2) is 19.1 Å². The van der Waals surface area contributed by atoms with Gasteiger partial charge in [0.1, 0.15) is 5.75 Å². The van der Waals surface area contributed by atoms with Crippen LogP contribution in [0.4, 0.5) is 0 Å². The highest BCUT2D eigenvalue weighted by atomic mass is 35.5. The van der Waals surface area contributed by atoms with Gasteiger partial charge in [0.05, 0.1) is 11.6 Å². The molecule has 0 aliphatic carbocycles. The van der Waals surface area contributed by atoms with E-state index in [1.165, 1.54) is 0 Å². The number of para-hydroxylation sites is 1. The molecule has 0 heterocycles. The van der Waals surface area contributed by atoms with E-state index >= 15 is 0 Å². The van der Waals surface area contributed by atoms with Crippen LogP contribution >= 0.6 is 24.0 Å². The number of amides is 1. The molecule has 0 aromatic heterocycles. The minimum atomic E-state index is -0.195. The summed E-state index contributed by atoms with van der Waals surface area (Å²) in [6.07, 6.45) is 1.02. The van der Waals surface area contributed by atoms with Crippen LogP contribution in [0.1, 0.15) is 24.4 Å². The normalized spacial score (nSPS) is 11.2. The third-order valence-electron chi connectivity index (χ3n) is 3.39. The lowest BCUT2D eigenvalue weighted by Crippen LogP contribution is -2.31. The summed E-state index contributed by atoms with van der Waals surface area (Å²) in [6.45, 7) is 0.871. The molecule has 2 aromatic rings. The maximum Gasteiger partial charge on any atom is 0.220 e. The lowest BCUT2D eigenvalue weighted by molar-refractivity contribution is -0.121. The van der Waals surface area contributed by atoms with E-state index < -0.39 is 0 Å². The van der Waals surface area contributed by atoms with E-state index in [2.05, 4.69) is 5.32 Å². The Bertz CT molecular complexity index is 623. The van der Waals surface area contributed by atoms with E-state index in [0.717, 1.165) is 5.56 Å². The van der Waals surface area contributed by atoms with E-state index in [9.17, 15) is 4.79 Å². The number of carbonyl (C=O) groups is 1. The Hall–Kier alpha value is -1.75. The highest BCUT2D eigenvalue weighted by Crippen LogP contribution is 2.23. The zero-order valence-electron chi connectivity index (χ0n) is 13.3. The summed E-state index contributed by atoms with van der Waals surface area (Å²) in [5, 5.41) is 3.42. The molecule has 6 heteroatoms. The van der Waals surface area contributed by atoms with Crippen LogP contribution in [0.3, 0.4) is 0 Å². The monoisotopic (exact) mass is 368 g/mol. The van der Waals surface area contributed by atoms with Crippen molar-refractivity contribution in [2.24, 2.45) is 5.73 Å². The fraction of sp³-hybridized carbons (Fsp3) is 0.278. The van der Waals surface area contributed by atoms with Gasteiger partial charge in [-0.2, -0.15) is 0 Å². The number of benzene rings is 2. The zero-order valence-corrected chi connectivity index (χ0v) is 14.9. The van der Waals surface area contributed by atoms with Crippen molar-refractivity contribution in [3.63, 3.8) is 0 Å². The summed E-state index contributed by atoms with van der Waals surface area (Å²) >= 11 is 5.99. The molecule has 0 radical (unpaired) electrons. The molecular weight excluding hydrogens is 347 g/mol. The number of nitrogens with one attached hydrogen (secondary N) is 1. The van der Waals surface area contributed by atoms with E-state index in [1.807, 2.05) is 42.5 Å². The molecule has 1 amide bonds. The smallest absolute Gasteiger partial charge is 0.220 e. The standard InChI is InChI=1S/C18H21ClN2O2.ClH/c19-15-9-4-5-10-17(15)23-12-6-11-18(22)21-13-16(20)14-7-2-1-3-8-14;/h1-5,7-10,16H,6,11-13,20H2,(H,21,22);1H. The summed E-state index contributed by atoms with van der Waals surface area (Å²) < 4.78 is 5.55. The minimum absolute atomic E-state index is 0. The molecule has 0 saturated heterocycles. The van der Waals surface area contributed by atoms with Crippen LogP contribution in [0.15, 0.2) is 54.6 Å². The van der Waals surface area contributed by atoms with Crippen molar-refractivity contribution in [3.8, 4) is 5.75 Å². The second-order valence-electron chi connectivity index (χ2n) is 5.20. The quantitative estimate of drug-likeness (QED) is 0.697. The van der Waals surface area contributed by atoms with Gasteiger partial charge in [-0.15, -0.1) is 12.4 Å². The van der Waals surface area contributed by atoms with Gasteiger partial charge in [0.25, 0.3) is 0 Å². The Morgan fingerprint density at radius 1 is 1.12 bits per heavy atom. The molecule has 0 aliphatic rings. The molecule has 0 aliphatic heterocycles. The molecule has 3 N–H and O–H groups in total. The average molecular weight is 369 g/mol. The molecule has 4 nitrogen and oxygen atoms in total. The molecule has 0 spiro atoms. The summed E-state index contributed by atoms with van der Waals surface area (Å²) in [7, 11) is 0. The van der Waals surface area contributed by atoms with Crippen LogP contribution in [-0.2, 0) is 4.79 Å². The first kappa shape index (κ1) is 20.3. The van der Waals surface area contributed by atoms with Crippen LogP contribution in [0.5, 0.6) is 5.75 Å². The maximum atomic E-state index is 11.8. The van der Waals surface area contributed by atoms with E-state index in [-0.39, 0.29) is 24.4 Å². The Balaban J connectivity index is 0.00000288. The van der Waals surface area contributed by atoms with Gasteiger partial charge in [-0.25, -0.2) is 0 Å². The average Bonchev–Trinajstić information content (AvgIpc) is 2.59. The Labute approximate surface area is 153 Å². The number of nitrogens with two attached hydrogens (primary N) is 1. The number of hydrogen-bond donors (Lipinski definition) is 2. The van der Waals surface area contributed by atoms with E-state index in [1.54, 1.807) is 12.1 Å². The van der Waals surface area contributed by atoms with Gasteiger partial charge in [0.2, 0.25) is 5.91 Å². The molecular formula is C18H22Cl2N2O2. The summed E-state index contributed by atoms with van der Waals surface area (Å²) in [4.78, 5) is 11.8. The SMILES string of the molecule is Cl.NC(CNC(=O)CCCOc1ccccc1Cl)c1ccccc1. The van der Waals surface area contributed by atoms with Crippen molar-refractivity contribution < 1.29 is 9.53 Å². The van der Waals surface area contributed by atoms with Crippen LogP contribution in [0.25, 0.3) is 0 Å². The molecule has 0 saturated carbocycles. The number of ether oxygens (including phenoxy) is 1. The van der Waals surface area contributed by atoms with Crippen molar-refractivity contribution in [2.45, 2.75) is 18.9 Å². The van der Waals surface area contributed by atoms with Crippen molar-refractivity contribution in [3.05, 3.63) is 65.2 Å². The fourth-order valence-corrected chi connectivity index (χ4v) is 2.30. The van der Waals surface area contributed by atoms with E-state index in [4.69, 9.17) is 22.1 Å². The van der Waals surface area contributed by atoms with Crippen LogP contribution < -0.4 is 15.8 Å². The Morgan fingerprint density at radius 3 is 2.50 bits per heavy atom. The molecule has 2 aromatic carbocycles. The van der Waals surface area contributed by atoms with Gasteiger partial charge in [0, 0.05) is 19.0 Å². The second kappa shape index (κ2) is 10.9. The molecule has 130 valence electrons. The molecule has 1 unspecified atom stereocenters. The predicted octanol–water partition coefficient (Wildman–Crippen LogP) is 3.74. The molecule has 0 fully saturated rings. The topological polar surface area (TPSA) is 64.3 Å². The maximum absolute atomic E-state index is 11.8. The van der Waals surface area contributed by atoms with Gasteiger partial charge >= 0.3 is 0 Å². The fourth-order valence-electron chi connectivity index (χ4n) is 2.11. The Morgan fingerprint density at radius 2 is 1.79 bits per heavy atom. The second-order valence-corrected chi connectivity index (χ2v) is 5.61. The minimum Gasteiger partial charge on any atom is -0.492 e. The van der Waals surface area contributed by atoms with Gasteiger partial charge in [0.15, 0.2) is 0 Å². The summed E-state index contributed by atoms with van der Waals surface area (Å²) in [5.41, 5.74) is 7.05. The number of carbonyl (C=O) groups excluding carboxylic acids is 1. The highest BCUT2D eigenvalue weighted by Gasteiger charge is 2.08.